The van der Waals surface area contributed by atoms with Gasteiger partial charge in [-0.05, 0) is 48.9 Å². The Morgan fingerprint density at radius 2 is 1.91 bits per heavy atom. The summed E-state index contributed by atoms with van der Waals surface area (Å²) in [5, 5.41) is 0.545. The number of ether oxygens (including phenoxy) is 1. The highest BCUT2D eigenvalue weighted by atomic mass is 35.5. The van der Waals surface area contributed by atoms with Crippen molar-refractivity contribution in [2.24, 2.45) is 11.8 Å². The van der Waals surface area contributed by atoms with Crippen LogP contribution in [0.2, 0.25) is 5.02 Å². The lowest BCUT2D eigenvalue weighted by atomic mass is 10.00. The van der Waals surface area contributed by atoms with Gasteiger partial charge in [0.15, 0.2) is 0 Å². The van der Waals surface area contributed by atoms with Crippen molar-refractivity contribution < 1.29 is 4.74 Å². The normalized spacial score (nSPS) is 12.5. The van der Waals surface area contributed by atoms with E-state index in [1.54, 1.807) is 12.4 Å². The van der Waals surface area contributed by atoms with E-state index >= 15 is 0 Å². The Labute approximate surface area is 137 Å². The van der Waals surface area contributed by atoms with E-state index in [0.717, 1.165) is 23.2 Å². The summed E-state index contributed by atoms with van der Waals surface area (Å²) in [6.45, 7) is 9.22. The molecule has 1 atom stereocenters. The molecule has 2 rings (SSSR count). The number of pyridine rings is 2. The van der Waals surface area contributed by atoms with E-state index in [1.165, 1.54) is 0 Å². The fourth-order valence-corrected chi connectivity index (χ4v) is 2.73. The van der Waals surface area contributed by atoms with Crippen LogP contribution in [0.3, 0.4) is 0 Å². The van der Waals surface area contributed by atoms with E-state index in [1.807, 2.05) is 25.1 Å². The Balaban J connectivity index is 2.07. The number of halogens is 1. The van der Waals surface area contributed by atoms with Crippen LogP contribution in [-0.2, 0) is 0 Å². The van der Waals surface area contributed by atoms with Gasteiger partial charge in [-0.15, -0.1) is 0 Å². The largest absolute Gasteiger partial charge is 0.476 e. The number of hydrogen-bond acceptors (Lipinski definition) is 3. The highest BCUT2D eigenvalue weighted by Crippen LogP contribution is 2.28. The Morgan fingerprint density at radius 1 is 1.14 bits per heavy atom. The topological polar surface area (TPSA) is 35.0 Å². The first kappa shape index (κ1) is 16.8. The molecule has 2 aromatic rings. The molecule has 0 N–H and O–H groups in total. The summed E-state index contributed by atoms with van der Waals surface area (Å²) in [6, 6.07) is 5.86. The van der Waals surface area contributed by atoms with Crippen LogP contribution in [0.25, 0.3) is 11.1 Å². The third kappa shape index (κ3) is 4.70. The summed E-state index contributed by atoms with van der Waals surface area (Å²) in [4.78, 5) is 8.56. The lowest BCUT2D eigenvalue weighted by Crippen LogP contribution is -2.11. The average molecular weight is 319 g/mol. The minimum atomic E-state index is 0.486. The molecule has 22 heavy (non-hydrogen) atoms. The summed E-state index contributed by atoms with van der Waals surface area (Å²) < 4.78 is 5.76. The molecule has 0 aliphatic heterocycles. The van der Waals surface area contributed by atoms with Crippen LogP contribution in [0, 0.1) is 18.8 Å². The van der Waals surface area contributed by atoms with Gasteiger partial charge < -0.3 is 4.74 Å². The van der Waals surface area contributed by atoms with Gasteiger partial charge >= 0.3 is 0 Å². The molecule has 0 fully saturated rings. The van der Waals surface area contributed by atoms with Crippen molar-refractivity contribution >= 4 is 11.6 Å². The van der Waals surface area contributed by atoms with Crippen molar-refractivity contribution in [3.8, 4) is 17.0 Å². The summed E-state index contributed by atoms with van der Waals surface area (Å²) in [5.74, 6) is 1.66. The molecule has 0 saturated carbocycles. The Hall–Kier alpha value is -1.61. The molecule has 0 amide bonds. The molecule has 2 heterocycles. The van der Waals surface area contributed by atoms with Gasteiger partial charge in [0.1, 0.15) is 5.02 Å². The Bertz CT molecular complexity index is 628. The lowest BCUT2D eigenvalue weighted by Gasteiger charge is -2.15. The highest BCUT2D eigenvalue weighted by molar-refractivity contribution is 6.32. The standard InChI is InChI=1S/C18H23ClN2O/c1-12(2)7-13(3)11-22-18-17(19)9-16(10-21-18)15-5-6-20-14(4)8-15/h5-6,8-10,12-13H,7,11H2,1-4H3. The molecule has 1 unspecified atom stereocenters. The quantitative estimate of drug-likeness (QED) is 0.737. The minimum Gasteiger partial charge on any atom is -0.476 e. The fraction of sp³-hybridized carbons (Fsp3) is 0.444. The number of hydrogen-bond donors (Lipinski definition) is 0. The molecule has 118 valence electrons. The zero-order valence-electron chi connectivity index (χ0n) is 13.6. The molecule has 0 saturated heterocycles. The highest BCUT2D eigenvalue weighted by Gasteiger charge is 2.10. The van der Waals surface area contributed by atoms with E-state index in [4.69, 9.17) is 16.3 Å². The molecule has 0 aliphatic rings. The average Bonchev–Trinajstić information content (AvgIpc) is 2.45. The summed E-state index contributed by atoms with van der Waals surface area (Å²) >= 11 is 6.31. The molecule has 4 heteroatoms. The first-order chi connectivity index (χ1) is 10.5. The maximum atomic E-state index is 6.31. The number of nitrogens with zero attached hydrogens (tertiary/aromatic N) is 2. The van der Waals surface area contributed by atoms with Crippen LogP contribution in [0.4, 0.5) is 0 Å². The zero-order chi connectivity index (χ0) is 16.1. The lowest BCUT2D eigenvalue weighted by molar-refractivity contribution is 0.231. The van der Waals surface area contributed by atoms with Crippen molar-refractivity contribution in [3.05, 3.63) is 41.3 Å². The van der Waals surface area contributed by atoms with E-state index in [0.29, 0.717) is 29.3 Å². The summed E-state index contributed by atoms with van der Waals surface area (Å²) in [5.41, 5.74) is 3.00. The predicted molar refractivity (Wildman–Crippen MR) is 91.3 cm³/mol. The third-order valence-electron chi connectivity index (χ3n) is 3.42. The van der Waals surface area contributed by atoms with E-state index < -0.39 is 0 Å². The second kappa shape index (κ2) is 7.59. The van der Waals surface area contributed by atoms with Crippen molar-refractivity contribution in [3.63, 3.8) is 0 Å². The first-order valence-corrected chi connectivity index (χ1v) is 8.05. The van der Waals surface area contributed by atoms with Crippen molar-refractivity contribution in [2.75, 3.05) is 6.61 Å². The molecule has 3 nitrogen and oxygen atoms in total. The predicted octanol–water partition coefficient (Wildman–Crippen LogP) is 5.17. The Morgan fingerprint density at radius 3 is 2.55 bits per heavy atom. The molecule has 0 radical (unpaired) electrons. The van der Waals surface area contributed by atoms with Gasteiger partial charge in [0.25, 0.3) is 0 Å². The molecule has 2 aromatic heterocycles. The van der Waals surface area contributed by atoms with Gasteiger partial charge in [-0.1, -0.05) is 32.4 Å². The SMILES string of the molecule is Cc1cc(-c2cnc(OCC(C)CC(C)C)c(Cl)c2)ccn1. The van der Waals surface area contributed by atoms with Gasteiger partial charge in [0, 0.05) is 23.7 Å². The molecule has 0 aromatic carbocycles. The first-order valence-electron chi connectivity index (χ1n) is 7.67. The second-order valence-corrected chi connectivity index (χ2v) is 6.65. The third-order valence-corrected chi connectivity index (χ3v) is 3.69. The molecular formula is C18H23ClN2O. The van der Waals surface area contributed by atoms with Crippen LogP contribution >= 0.6 is 11.6 Å². The van der Waals surface area contributed by atoms with Crippen LogP contribution in [-0.4, -0.2) is 16.6 Å². The molecule has 0 spiro atoms. The molecule has 0 bridgehead atoms. The van der Waals surface area contributed by atoms with Gasteiger partial charge in [-0.25, -0.2) is 4.98 Å². The van der Waals surface area contributed by atoms with Crippen molar-refractivity contribution in [1.29, 1.82) is 0 Å². The zero-order valence-corrected chi connectivity index (χ0v) is 14.4. The molecule has 0 aliphatic carbocycles. The van der Waals surface area contributed by atoms with Gasteiger partial charge in [0.05, 0.1) is 6.61 Å². The summed E-state index contributed by atoms with van der Waals surface area (Å²) in [6.07, 6.45) is 4.71. The van der Waals surface area contributed by atoms with Crippen molar-refractivity contribution in [1.82, 2.24) is 9.97 Å². The maximum Gasteiger partial charge on any atom is 0.232 e. The Kier molecular flexibility index (Phi) is 5.78. The van der Waals surface area contributed by atoms with Gasteiger partial charge in [-0.2, -0.15) is 0 Å². The van der Waals surface area contributed by atoms with Crippen LogP contribution in [0.1, 0.15) is 32.9 Å². The summed E-state index contributed by atoms with van der Waals surface area (Å²) in [7, 11) is 0. The van der Waals surface area contributed by atoms with E-state index in [9.17, 15) is 0 Å². The number of aryl methyl sites for hydroxylation is 1. The fourth-order valence-electron chi connectivity index (χ4n) is 2.51. The van der Waals surface area contributed by atoms with E-state index in [2.05, 4.69) is 30.7 Å². The molecular weight excluding hydrogens is 296 g/mol. The number of rotatable bonds is 6. The van der Waals surface area contributed by atoms with Crippen LogP contribution < -0.4 is 4.74 Å². The van der Waals surface area contributed by atoms with E-state index in [-0.39, 0.29) is 0 Å². The van der Waals surface area contributed by atoms with Crippen LogP contribution in [0.5, 0.6) is 5.88 Å². The minimum absolute atomic E-state index is 0.486. The maximum absolute atomic E-state index is 6.31. The smallest absolute Gasteiger partial charge is 0.232 e. The second-order valence-electron chi connectivity index (χ2n) is 6.24. The van der Waals surface area contributed by atoms with Gasteiger partial charge in [-0.3, -0.25) is 4.98 Å². The van der Waals surface area contributed by atoms with Crippen molar-refractivity contribution in [2.45, 2.75) is 34.1 Å². The van der Waals surface area contributed by atoms with Gasteiger partial charge in [0.2, 0.25) is 5.88 Å². The number of aromatic nitrogens is 2. The monoisotopic (exact) mass is 318 g/mol. The van der Waals surface area contributed by atoms with Crippen LogP contribution in [0.15, 0.2) is 30.6 Å².